The van der Waals surface area contributed by atoms with Gasteiger partial charge in [-0.15, -0.1) is 4.72 Å². The fourth-order valence-electron chi connectivity index (χ4n) is 8.13. The summed E-state index contributed by atoms with van der Waals surface area (Å²) in [6.45, 7) is 1.29. The van der Waals surface area contributed by atoms with E-state index in [9.17, 15) is 47.7 Å². The average molecular weight is 1080 g/mol. The number of H-pyrrole nitrogens is 1. The predicted molar refractivity (Wildman–Crippen MR) is 282 cm³/mol. The number of amides is 9. The Morgan fingerprint density at radius 3 is 2.11 bits per heavy atom. The largest absolute Gasteiger partial charge is 0.596 e. The summed E-state index contributed by atoms with van der Waals surface area (Å²) >= 11 is -2.24. The van der Waals surface area contributed by atoms with Crippen LogP contribution in [-0.2, 0) is 67.4 Å². The van der Waals surface area contributed by atoms with Crippen molar-refractivity contribution in [3.05, 3.63) is 71.9 Å². The van der Waals surface area contributed by atoms with Gasteiger partial charge in [0, 0.05) is 69.5 Å². The number of aromatic nitrogens is 1. The predicted octanol–water partition coefficient (Wildman–Crippen LogP) is -3.70. The van der Waals surface area contributed by atoms with Gasteiger partial charge >= 0.3 is 0 Å². The van der Waals surface area contributed by atoms with Gasteiger partial charge in [-0.25, -0.2) is 0 Å². The molecule has 2 aromatic carbocycles. The van der Waals surface area contributed by atoms with Crippen molar-refractivity contribution in [2.45, 2.75) is 119 Å². The summed E-state index contributed by atoms with van der Waals surface area (Å²) in [6.07, 6.45) is 1.41. The quantitative estimate of drug-likeness (QED) is 0.0170. The summed E-state index contributed by atoms with van der Waals surface area (Å²) in [5.41, 5.74) is 18.7. The van der Waals surface area contributed by atoms with Crippen molar-refractivity contribution in [3.8, 4) is 0 Å². The Bertz CT molecular complexity index is 2480. The molecule has 76 heavy (non-hydrogen) atoms. The number of fused-ring (bicyclic) bond motifs is 1. The van der Waals surface area contributed by atoms with Gasteiger partial charge in [-0.05, 0) is 68.6 Å². The molecule has 0 saturated carbocycles. The van der Waals surface area contributed by atoms with Crippen LogP contribution < -0.4 is 75.1 Å². The third-order valence-corrected chi connectivity index (χ3v) is 13.4. The minimum absolute atomic E-state index is 0.0233. The molecule has 0 radical (unpaired) electrons. The number of nitrogens with two attached hydrogens (primary N) is 3. The summed E-state index contributed by atoms with van der Waals surface area (Å²) in [5.74, 6) is -7.03. The topological polar surface area (TPSA) is 451 Å². The molecular weight excluding hydrogens is 1010 g/mol. The average Bonchev–Trinajstić information content (AvgIpc) is 3.78. The number of guanidine groups is 2. The van der Waals surface area contributed by atoms with Crippen molar-refractivity contribution >= 4 is 87.9 Å². The number of hydrogen-bond donors (Lipinski definition) is 17. The first-order valence-corrected chi connectivity index (χ1v) is 26.0. The number of para-hydroxylation sites is 1. The van der Waals surface area contributed by atoms with Gasteiger partial charge in [-0.1, -0.05) is 48.5 Å². The van der Waals surface area contributed by atoms with Crippen molar-refractivity contribution in [1.82, 2.24) is 62.9 Å². The van der Waals surface area contributed by atoms with E-state index in [2.05, 4.69) is 62.9 Å². The Kier molecular flexibility index (Phi) is 25.3. The van der Waals surface area contributed by atoms with E-state index in [1.54, 1.807) is 42.6 Å². The number of carbonyl (C=O) groups is 9. The SMILES string of the molecule is CC(=O)N[C@@H](CCCNC(=N)N)C(=O)NC1CCC(=O)NCCCC(C(N)=O)N[S+]([O-])[C@H](Cc2c[nH]c3ccccc23)NC(=O)[C@H](CCCNC(=N)N)NC(=O)C(Cc2ccccc2)NC(=O)[C@H](CCNC=O)NC1=O. The number of carbonyl (C=O) groups excluding carboxylic acids is 9. The second kappa shape index (κ2) is 31.7. The fraction of sp³-hybridized carbons (Fsp3) is 0.479. The Morgan fingerprint density at radius 1 is 0.789 bits per heavy atom. The van der Waals surface area contributed by atoms with Gasteiger partial charge in [0.2, 0.25) is 59.0 Å². The van der Waals surface area contributed by atoms with Crippen LogP contribution in [0.2, 0.25) is 0 Å². The first kappa shape index (κ1) is 60.6. The normalized spacial score (nSPS) is 21.9. The van der Waals surface area contributed by atoms with E-state index in [-0.39, 0.29) is 109 Å². The summed E-state index contributed by atoms with van der Waals surface area (Å²) in [7, 11) is 0. The Hall–Kier alpha value is -7.98. The van der Waals surface area contributed by atoms with E-state index in [1.165, 1.54) is 6.92 Å². The second-order valence-corrected chi connectivity index (χ2v) is 19.4. The molecule has 1 aromatic heterocycles. The molecule has 1 fully saturated rings. The van der Waals surface area contributed by atoms with Crippen LogP contribution in [0.5, 0.6) is 0 Å². The van der Waals surface area contributed by atoms with E-state index in [1.807, 2.05) is 18.2 Å². The second-order valence-electron chi connectivity index (χ2n) is 18.0. The fourth-order valence-corrected chi connectivity index (χ4v) is 9.37. The molecule has 0 aliphatic carbocycles. The summed E-state index contributed by atoms with van der Waals surface area (Å²) in [5, 5.41) is 40.9. The molecule has 4 unspecified atom stereocenters. The molecule has 1 aliphatic rings. The van der Waals surface area contributed by atoms with Gasteiger partial charge in [0.25, 0.3) is 0 Å². The van der Waals surface area contributed by atoms with Gasteiger partial charge < -0.3 is 79.9 Å². The van der Waals surface area contributed by atoms with Crippen LogP contribution in [0.1, 0.15) is 75.8 Å². The lowest BCUT2D eigenvalue weighted by molar-refractivity contribution is -0.135. The van der Waals surface area contributed by atoms with Crippen LogP contribution in [0.25, 0.3) is 10.9 Å². The molecule has 414 valence electrons. The molecular formula is C48H71N17O10S. The van der Waals surface area contributed by atoms with E-state index in [0.717, 1.165) is 10.9 Å². The minimum Gasteiger partial charge on any atom is -0.596 e. The van der Waals surface area contributed by atoms with Gasteiger partial charge in [0.1, 0.15) is 36.3 Å². The van der Waals surface area contributed by atoms with Gasteiger partial charge in [0.05, 0.1) is 11.4 Å². The third kappa shape index (κ3) is 21.1. The molecule has 0 spiro atoms. The van der Waals surface area contributed by atoms with Gasteiger partial charge in [-0.2, -0.15) is 0 Å². The standard InChI is InChI=1S/C48H71N17O10S/c1-28(67)59-34(15-8-21-56-47(50)51)42(70)61-36-17-18-39(68)55-20-7-14-33(41(49)69)65-76(75)40(25-30-26-58-32-13-6-5-12-31(30)32)64-45(73)35(16-9-22-57-48(52)53)60-46(74)38(24-29-10-3-2-4-11-29)63-44(72)37(62-43(36)71)19-23-54-27-66/h2-6,10-13,26-27,33-38,40,58,65H,7-9,14-25H2,1H3,(H2,49,69)(H,54,66)(H,55,68)(H,59,67)(H,60,74)(H,61,70)(H,62,71)(H,63,72)(H,64,73)(H4,50,51,56)(H4,52,53,57)/t33?,34-,35-,36?,37-,38?,40+,76?/m0/s1. The van der Waals surface area contributed by atoms with E-state index < -0.39 is 100 Å². The van der Waals surface area contributed by atoms with Crippen molar-refractivity contribution < 1.29 is 47.7 Å². The van der Waals surface area contributed by atoms with Crippen LogP contribution in [0.15, 0.2) is 60.8 Å². The van der Waals surface area contributed by atoms with Crippen LogP contribution in [0.4, 0.5) is 0 Å². The van der Waals surface area contributed by atoms with Crippen LogP contribution in [0, 0.1) is 10.8 Å². The molecule has 27 nitrogen and oxygen atoms in total. The first-order chi connectivity index (χ1) is 36.3. The maximum atomic E-state index is 14.6. The maximum Gasteiger partial charge on any atom is 0.246 e. The number of aromatic amines is 1. The maximum absolute atomic E-state index is 14.6. The highest BCUT2D eigenvalue weighted by molar-refractivity contribution is 7.90. The van der Waals surface area contributed by atoms with Gasteiger partial charge in [0.15, 0.2) is 11.9 Å². The van der Waals surface area contributed by atoms with Crippen molar-refractivity contribution in [3.63, 3.8) is 0 Å². The molecule has 20 N–H and O–H groups in total. The molecule has 0 bridgehead atoms. The minimum atomic E-state index is -2.24. The number of hydrogen-bond acceptors (Lipinski definition) is 13. The number of primary amides is 1. The lowest BCUT2D eigenvalue weighted by atomic mass is 10.0. The lowest BCUT2D eigenvalue weighted by Crippen LogP contribution is -2.60. The number of benzene rings is 2. The zero-order chi connectivity index (χ0) is 55.6. The molecule has 28 heteroatoms. The Morgan fingerprint density at radius 2 is 1.42 bits per heavy atom. The van der Waals surface area contributed by atoms with E-state index >= 15 is 0 Å². The molecule has 8 atom stereocenters. The lowest BCUT2D eigenvalue weighted by Gasteiger charge is -2.28. The highest BCUT2D eigenvalue weighted by atomic mass is 32.2. The Balaban J connectivity index is 1.77. The first-order valence-electron chi connectivity index (χ1n) is 24.8. The summed E-state index contributed by atoms with van der Waals surface area (Å²) in [4.78, 5) is 125. The van der Waals surface area contributed by atoms with Crippen LogP contribution in [0.3, 0.4) is 0 Å². The molecule has 2 heterocycles. The summed E-state index contributed by atoms with van der Waals surface area (Å²) in [6, 6.07) is 7.59. The third-order valence-electron chi connectivity index (χ3n) is 12.0. The summed E-state index contributed by atoms with van der Waals surface area (Å²) < 4.78 is 17.2. The van der Waals surface area contributed by atoms with Crippen molar-refractivity contribution in [2.24, 2.45) is 17.2 Å². The van der Waals surface area contributed by atoms with Gasteiger partial charge in [-0.3, -0.25) is 54.0 Å². The molecule has 9 amide bonds. The monoisotopic (exact) mass is 1080 g/mol. The smallest absolute Gasteiger partial charge is 0.246 e. The molecule has 3 aromatic rings. The van der Waals surface area contributed by atoms with Crippen molar-refractivity contribution in [1.29, 1.82) is 10.8 Å². The van der Waals surface area contributed by atoms with Crippen LogP contribution >= 0.6 is 0 Å². The van der Waals surface area contributed by atoms with E-state index in [0.29, 0.717) is 17.5 Å². The van der Waals surface area contributed by atoms with Crippen molar-refractivity contribution in [2.75, 3.05) is 26.2 Å². The molecule has 1 aliphatic heterocycles. The number of nitrogens with one attached hydrogen (secondary N) is 14. The highest BCUT2D eigenvalue weighted by Crippen LogP contribution is 2.21. The highest BCUT2D eigenvalue weighted by Gasteiger charge is 2.36. The van der Waals surface area contributed by atoms with E-state index in [4.69, 9.17) is 28.0 Å². The molecule has 1 saturated heterocycles. The molecule has 4 rings (SSSR count). The zero-order valence-corrected chi connectivity index (χ0v) is 43.0. The number of rotatable bonds is 20. The zero-order valence-electron chi connectivity index (χ0n) is 42.2. The Labute approximate surface area is 442 Å². The van der Waals surface area contributed by atoms with Crippen LogP contribution in [-0.4, -0.2) is 143 Å².